The van der Waals surface area contributed by atoms with Crippen molar-refractivity contribution in [2.45, 2.75) is 32.9 Å². The molecule has 2 N–H and O–H groups in total. The van der Waals surface area contributed by atoms with E-state index < -0.39 is 17.9 Å². The van der Waals surface area contributed by atoms with Crippen LogP contribution in [0.25, 0.3) is 0 Å². The lowest BCUT2D eigenvalue weighted by molar-refractivity contribution is -0.137. The van der Waals surface area contributed by atoms with Crippen molar-refractivity contribution in [1.82, 2.24) is 4.98 Å². The number of hydrazone groups is 1. The summed E-state index contributed by atoms with van der Waals surface area (Å²) >= 11 is 1.30. The van der Waals surface area contributed by atoms with Gasteiger partial charge in [-0.2, -0.15) is 5.10 Å². The van der Waals surface area contributed by atoms with E-state index in [0.717, 1.165) is 0 Å². The number of ether oxygens (including phenoxy) is 1. The van der Waals surface area contributed by atoms with Crippen molar-refractivity contribution in [1.29, 1.82) is 0 Å². The summed E-state index contributed by atoms with van der Waals surface area (Å²) in [6, 6.07) is 8.25. The lowest BCUT2D eigenvalue weighted by atomic mass is 10.1. The highest BCUT2D eigenvalue weighted by molar-refractivity contribution is 7.14. The minimum absolute atomic E-state index is 0.0591. The molecular weight excluding hydrogens is 394 g/mol. The molecule has 3 rings (SSSR count). The average molecular weight is 415 g/mol. The minimum atomic E-state index is -0.750. The molecule has 152 valence electrons. The monoisotopic (exact) mass is 415 g/mol. The van der Waals surface area contributed by atoms with Gasteiger partial charge in [0.15, 0.2) is 5.13 Å². The second-order valence-corrected chi connectivity index (χ2v) is 7.15. The van der Waals surface area contributed by atoms with Crippen molar-refractivity contribution in [3.05, 3.63) is 41.4 Å². The quantitative estimate of drug-likeness (QED) is 0.688. The summed E-state index contributed by atoms with van der Waals surface area (Å²) in [5.74, 6) is -1.32. The van der Waals surface area contributed by atoms with Crippen molar-refractivity contribution in [3.63, 3.8) is 0 Å². The zero-order valence-electron chi connectivity index (χ0n) is 16.1. The van der Waals surface area contributed by atoms with Gasteiger partial charge in [-0.05, 0) is 19.1 Å². The average Bonchev–Trinajstić information content (AvgIpc) is 3.35. The molecule has 2 amide bonds. The summed E-state index contributed by atoms with van der Waals surface area (Å²) < 4.78 is 5.30. The Morgan fingerprint density at radius 1 is 1.31 bits per heavy atom. The maximum absolute atomic E-state index is 12.4. The summed E-state index contributed by atoms with van der Waals surface area (Å²) in [6.45, 7) is 3.77. The van der Waals surface area contributed by atoms with Gasteiger partial charge in [0.1, 0.15) is 18.4 Å². The number of esters is 1. The standard InChI is InChI=1S/C19H21N5O4S/c1-3-23(12(2)25)19-21-13(11-29-19)10-28-18(27)15-9-16(17(20)26)24(22-15)14-7-5-4-6-8-14/h4-8,11,16H,3,9-10H2,1-2H3,(H2,20,26). The van der Waals surface area contributed by atoms with Crippen LogP contribution in [0.15, 0.2) is 40.8 Å². The van der Waals surface area contributed by atoms with Crippen molar-refractivity contribution in [3.8, 4) is 0 Å². The summed E-state index contributed by atoms with van der Waals surface area (Å²) in [7, 11) is 0. The molecule has 0 aliphatic carbocycles. The van der Waals surface area contributed by atoms with Gasteiger partial charge < -0.3 is 10.5 Å². The topological polar surface area (TPSA) is 118 Å². The van der Waals surface area contributed by atoms with Crippen LogP contribution in [0.4, 0.5) is 10.8 Å². The lowest BCUT2D eigenvalue weighted by Crippen LogP contribution is -2.39. The third-order valence-electron chi connectivity index (χ3n) is 4.31. The van der Waals surface area contributed by atoms with Gasteiger partial charge in [-0.1, -0.05) is 18.2 Å². The largest absolute Gasteiger partial charge is 0.455 e. The second-order valence-electron chi connectivity index (χ2n) is 6.31. The lowest BCUT2D eigenvalue weighted by Gasteiger charge is -2.20. The third kappa shape index (κ3) is 4.60. The zero-order valence-corrected chi connectivity index (χ0v) is 16.9. The van der Waals surface area contributed by atoms with Gasteiger partial charge in [-0.3, -0.25) is 19.5 Å². The summed E-state index contributed by atoms with van der Waals surface area (Å²) in [6.07, 6.45) is 0.0688. The number of anilines is 2. The number of aromatic nitrogens is 1. The molecule has 0 radical (unpaired) electrons. The van der Waals surface area contributed by atoms with Crippen LogP contribution >= 0.6 is 11.3 Å². The molecule has 1 atom stereocenters. The first kappa shape index (κ1) is 20.5. The number of hydrogen-bond donors (Lipinski definition) is 1. The molecule has 9 nitrogen and oxygen atoms in total. The number of para-hydroxylation sites is 1. The number of benzene rings is 1. The minimum Gasteiger partial charge on any atom is -0.455 e. The van der Waals surface area contributed by atoms with Gasteiger partial charge in [-0.25, -0.2) is 9.78 Å². The summed E-state index contributed by atoms with van der Waals surface area (Å²) in [5.41, 5.74) is 6.78. The number of carbonyl (C=O) groups is 3. The first-order valence-corrected chi connectivity index (χ1v) is 9.89. The Balaban J connectivity index is 1.67. The fourth-order valence-corrected chi connectivity index (χ4v) is 3.79. The van der Waals surface area contributed by atoms with E-state index in [1.807, 2.05) is 13.0 Å². The van der Waals surface area contributed by atoms with E-state index >= 15 is 0 Å². The predicted octanol–water partition coefficient (Wildman–Crippen LogP) is 1.68. The maximum atomic E-state index is 12.4. The summed E-state index contributed by atoms with van der Waals surface area (Å²) in [5, 5.41) is 7.96. The van der Waals surface area contributed by atoms with Crippen LogP contribution in [0.5, 0.6) is 0 Å². The fraction of sp³-hybridized carbons (Fsp3) is 0.316. The van der Waals surface area contributed by atoms with Crippen LogP contribution in [-0.4, -0.2) is 41.1 Å². The van der Waals surface area contributed by atoms with Crippen molar-refractivity contribution < 1.29 is 19.1 Å². The Kier molecular flexibility index (Phi) is 6.23. The molecular formula is C19H21N5O4S. The van der Waals surface area contributed by atoms with E-state index in [0.29, 0.717) is 23.1 Å². The molecule has 29 heavy (non-hydrogen) atoms. The van der Waals surface area contributed by atoms with E-state index in [1.54, 1.807) is 29.6 Å². The molecule has 0 saturated carbocycles. The number of amides is 2. The molecule has 2 aromatic rings. The molecule has 1 aromatic heterocycles. The Labute approximate surface area is 171 Å². The molecule has 1 aliphatic heterocycles. The zero-order chi connectivity index (χ0) is 21.0. The number of primary amides is 1. The Morgan fingerprint density at radius 2 is 2.03 bits per heavy atom. The van der Waals surface area contributed by atoms with Crippen LogP contribution in [-0.2, 0) is 25.7 Å². The van der Waals surface area contributed by atoms with Crippen molar-refractivity contribution >= 4 is 45.7 Å². The smallest absolute Gasteiger partial charge is 0.354 e. The molecule has 1 aromatic carbocycles. The highest BCUT2D eigenvalue weighted by Gasteiger charge is 2.35. The van der Waals surface area contributed by atoms with E-state index in [2.05, 4.69) is 10.1 Å². The molecule has 0 fully saturated rings. The molecule has 10 heteroatoms. The predicted molar refractivity (Wildman–Crippen MR) is 110 cm³/mol. The van der Waals surface area contributed by atoms with Gasteiger partial charge in [0.05, 0.1) is 11.4 Å². The SMILES string of the molecule is CCN(C(C)=O)c1nc(COC(=O)C2=NN(c3ccccc3)C(C(N)=O)C2)cs1. The van der Waals surface area contributed by atoms with Crippen LogP contribution < -0.4 is 15.6 Å². The summed E-state index contributed by atoms with van der Waals surface area (Å²) in [4.78, 5) is 41.7. The van der Waals surface area contributed by atoms with Gasteiger partial charge in [0.2, 0.25) is 11.8 Å². The maximum Gasteiger partial charge on any atom is 0.354 e. The molecule has 0 bridgehead atoms. The molecule has 0 spiro atoms. The van der Waals surface area contributed by atoms with E-state index in [-0.39, 0.29) is 24.6 Å². The molecule has 1 aliphatic rings. The van der Waals surface area contributed by atoms with Crippen molar-refractivity contribution in [2.24, 2.45) is 10.8 Å². The number of nitrogens with two attached hydrogens (primary N) is 1. The number of carbonyl (C=O) groups excluding carboxylic acids is 3. The molecule has 1 unspecified atom stereocenters. The van der Waals surface area contributed by atoms with E-state index in [1.165, 1.54) is 28.2 Å². The number of nitrogens with zero attached hydrogens (tertiary/aromatic N) is 4. The first-order valence-electron chi connectivity index (χ1n) is 9.01. The van der Waals surface area contributed by atoms with Gasteiger partial charge >= 0.3 is 5.97 Å². The fourth-order valence-electron chi connectivity index (χ4n) is 2.88. The van der Waals surface area contributed by atoms with Crippen LogP contribution in [0.2, 0.25) is 0 Å². The van der Waals surface area contributed by atoms with Crippen LogP contribution in [0.1, 0.15) is 26.0 Å². The van der Waals surface area contributed by atoms with Crippen LogP contribution in [0.3, 0.4) is 0 Å². The Morgan fingerprint density at radius 3 is 2.66 bits per heavy atom. The van der Waals surface area contributed by atoms with Crippen molar-refractivity contribution in [2.75, 3.05) is 16.5 Å². The third-order valence-corrected chi connectivity index (χ3v) is 5.23. The number of thiazole rings is 1. The van der Waals surface area contributed by atoms with Gasteiger partial charge in [0, 0.05) is 25.3 Å². The number of hydrogen-bond acceptors (Lipinski definition) is 8. The second kappa shape index (κ2) is 8.82. The Hall–Kier alpha value is -3.27. The van der Waals surface area contributed by atoms with Gasteiger partial charge in [-0.15, -0.1) is 11.3 Å². The Bertz CT molecular complexity index is 943. The highest BCUT2D eigenvalue weighted by atomic mass is 32.1. The van der Waals surface area contributed by atoms with Crippen LogP contribution in [0, 0.1) is 0 Å². The first-order chi connectivity index (χ1) is 13.9. The molecule has 2 heterocycles. The van der Waals surface area contributed by atoms with E-state index in [9.17, 15) is 14.4 Å². The normalized spacial score (nSPS) is 15.7. The van der Waals surface area contributed by atoms with Gasteiger partial charge in [0.25, 0.3) is 0 Å². The highest BCUT2D eigenvalue weighted by Crippen LogP contribution is 2.25. The number of rotatable bonds is 7. The van der Waals surface area contributed by atoms with E-state index in [4.69, 9.17) is 10.5 Å². The molecule has 0 saturated heterocycles.